The fraction of sp³-hybridized carbons (Fsp3) is 0.444. The zero-order valence-electron chi connectivity index (χ0n) is 7.86. The minimum absolute atomic E-state index is 0. The van der Waals surface area contributed by atoms with Crippen molar-refractivity contribution >= 4 is 18.1 Å². The number of nitrogen functional groups attached to an aromatic ring is 1. The van der Waals surface area contributed by atoms with Crippen molar-refractivity contribution in [3.8, 4) is 5.88 Å². The number of hydrogen-bond donors (Lipinski definition) is 1. The Labute approximate surface area is 84.7 Å². The van der Waals surface area contributed by atoms with Crippen LogP contribution in [0.4, 0.5) is 5.69 Å². The lowest BCUT2D eigenvalue weighted by molar-refractivity contribution is 0.261. The van der Waals surface area contributed by atoms with Gasteiger partial charge in [0.15, 0.2) is 0 Å². The summed E-state index contributed by atoms with van der Waals surface area (Å²) < 4.78 is 5.36. The molecule has 0 bridgehead atoms. The van der Waals surface area contributed by atoms with E-state index < -0.39 is 0 Å². The van der Waals surface area contributed by atoms with Gasteiger partial charge in [0.2, 0.25) is 5.88 Å². The highest BCUT2D eigenvalue weighted by Gasteiger charge is 1.96. The van der Waals surface area contributed by atoms with Gasteiger partial charge < -0.3 is 10.5 Å². The van der Waals surface area contributed by atoms with Crippen molar-refractivity contribution in [3.63, 3.8) is 0 Å². The Morgan fingerprint density at radius 2 is 2.15 bits per heavy atom. The molecule has 13 heavy (non-hydrogen) atoms. The highest BCUT2D eigenvalue weighted by Crippen LogP contribution is 2.09. The number of halogens is 1. The Morgan fingerprint density at radius 1 is 1.46 bits per heavy atom. The van der Waals surface area contributed by atoms with Gasteiger partial charge in [0.25, 0.3) is 0 Å². The molecule has 0 amide bonds. The van der Waals surface area contributed by atoms with Crippen LogP contribution in [0.2, 0.25) is 0 Å². The molecule has 2 N–H and O–H groups in total. The van der Waals surface area contributed by atoms with Gasteiger partial charge in [0.05, 0.1) is 18.5 Å². The molecule has 0 aliphatic rings. The van der Waals surface area contributed by atoms with Gasteiger partial charge in [0, 0.05) is 6.07 Å². The first-order chi connectivity index (χ1) is 5.68. The van der Waals surface area contributed by atoms with Gasteiger partial charge in [-0.05, 0) is 12.0 Å². The molecule has 4 heteroatoms. The first-order valence-corrected chi connectivity index (χ1v) is 4.03. The Kier molecular flexibility index (Phi) is 5.23. The van der Waals surface area contributed by atoms with E-state index in [0.29, 0.717) is 24.1 Å². The largest absolute Gasteiger partial charge is 0.477 e. The first-order valence-electron chi connectivity index (χ1n) is 4.03. The summed E-state index contributed by atoms with van der Waals surface area (Å²) in [6.45, 7) is 4.88. The average molecular weight is 203 g/mol. The molecule has 0 saturated carbocycles. The van der Waals surface area contributed by atoms with Crippen molar-refractivity contribution in [1.29, 1.82) is 0 Å². The molecule has 0 unspecified atom stereocenters. The Balaban J connectivity index is 0.00000144. The third-order valence-corrected chi connectivity index (χ3v) is 1.32. The number of nitrogens with zero attached hydrogens (tertiary/aromatic N) is 1. The zero-order chi connectivity index (χ0) is 8.97. The normalized spacial score (nSPS) is 9.46. The summed E-state index contributed by atoms with van der Waals surface area (Å²) >= 11 is 0. The molecule has 0 aromatic carbocycles. The number of hydrogen-bond acceptors (Lipinski definition) is 3. The SMILES string of the molecule is CC(C)COc1ccc(N)cn1.Cl. The van der Waals surface area contributed by atoms with Gasteiger partial charge in [-0.3, -0.25) is 0 Å². The predicted molar refractivity (Wildman–Crippen MR) is 56.2 cm³/mol. The highest BCUT2D eigenvalue weighted by atomic mass is 35.5. The Morgan fingerprint density at radius 3 is 2.62 bits per heavy atom. The second-order valence-electron chi connectivity index (χ2n) is 3.13. The summed E-state index contributed by atoms with van der Waals surface area (Å²) in [6, 6.07) is 3.56. The summed E-state index contributed by atoms with van der Waals surface area (Å²) in [5.74, 6) is 1.15. The van der Waals surface area contributed by atoms with Gasteiger partial charge in [0.1, 0.15) is 0 Å². The fourth-order valence-corrected chi connectivity index (χ4v) is 0.729. The third-order valence-electron chi connectivity index (χ3n) is 1.32. The first kappa shape index (κ1) is 12.0. The number of rotatable bonds is 3. The monoisotopic (exact) mass is 202 g/mol. The number of pyridine rings is 1. The lowest BCUT2D eigenvalue weighted by atomic mass is 10.2. The van der Waals surface area contributed by atoms with E-state index in [2.05, 4.69) is 18.8 Å². The van der Waals surface area contributed by atoms with Crippen LogP contribution in [0.5, 0.6) is 5.88 Å². The maximum absolute atomic E-state index is 5.46. The van der Waals surface area contributed by atoms with Gasteiger partial charge >= 0.3 is 0 Å². The topological polar surface area (TPSA) is 48.1 Å². The van der Waals surface area contributed by atoms with Gasteiger partial charge in [-0.2, -0.15) is 0 Å². The van der Waals surface area contributed by atoms with E-state index in [1.54, 1.807) is 18.3 Å². The molecule has 0 spiro atoms. The van der Waals surface area contributed by atoms with Crippen LogP contribution < -0.4 is 10.5 Å². The van der Waals surface area contributed by atoms with E-state index in [-0.39, 0.29) is 12.4 Å². The minimum atomic E-state index is 0. The quantitative estimate of drug-likeness (QED) is 0.817. The summed E-state index contributed by atoms with van der Waals surface area (Å²) in [5.41, 5.74) is 6.12. The summed E-state index contributed by atoms with van der Waals surface area (Å²) in [4.78, 5) is 4.00. The molecule has 0 aliphatic heterocycles. The molecule has 74 valence electrons. The van der Waals surface area contributed by atoms with Gasteiger partial charge in [-0.25, -0.2) is 4.98 Å². The standard InChI is InChI=1S/C9H14N2O.ClH/c1-7(2)6-12-9-4-3-8(10)5-11-9;/h3-5,7H,6,10H2,1-2H3;1H. The van der Waals surface area contributed by atoms with Crippen molar-refractivity contribution in [1.82, 2.24) is 4.98 Å². The second kappa shape index (κ2) is 5.65. The van der Waals surface area contributed by atoms with Gasteiger partial charge in [-0.1, -0.05) is 13.8 Å². The van der Waals surface area contributed by atoms with Crippen LogP contribution in [0.3, 0.4) is 0 Å². The maximum Gasteiger partial charge on any atom is 0.213 e. The van der Waals surface area contributed by atoms with E-state index >= 15 is 0 Å². The number of aromatic nitrogens is 1. The molecule has 0 aliphatic carbocycles. The van der Waals surface area contributed by atoms with Crippen LogP contribution in [0, 0.1) is 5.92 Å². The van der Waals surface area contributed by atoms with Crippen LogP contribution >= 0.6 is 12.4 Å². The van der Waals surface area contributed by atoms with Crippen LogP contribution in [0.15, 0.2) is 18.3 Å². The number of nitrogens with two attached hydrogens (primary N) is 1. The van der Waals surface area contributed by atoms with Crippen molar-refractivity contribution in [3.05, 3.63) is 18.3 Å². The molecule has 1 heterocycles. The Bertz CT molecular complexity index is 236. The lowest BCUT2D eigenvalue weighted by Crippen LogP contribution is -2.05. The molecule has 1 aromatic rings. The molecular weight excluding hydrogens is 188 g/mol. The van der Waals surface area contributed by atoms with Crippen molar-refractivity contribution in [2.75, 3.05) is 12.3 Å². The zero-order valence-corrected chi connectivity index (χ0v) is 8.67. The lowest BCUT2D eigenvalue weighted by Gasteiger charge is -2.06. The Hall–Kier alpha value is -0.960. The number of ether oxygens (including phenoxy) is 1. The predicted octanol–water partition coefficient (Wildman–Crippen LogP) is 2.12. The third kappa shape index (κ3) is 4.58. The summed E-state index contributed by atoms with van der Waals surface area (Å²) in [7, 11) is 0. The van der Waals surface area contributed by atoms with Crippen molar-refractivity contribution in [2.24, 2.45) is 5.92 Å². The van der Waals surface area contributed by atoms with E-state index in [1.165, 1.54) is 0 Å². The van der Waals surface area contributed by atoms with Crippen molar-refractivity contribution in [2.45, 2.75) is 13.8 Å². The van der Waals surface area contributed by atoms with Crippen molar-refractivity contribution < 1.29 is 4.74 Å². The average Bonchev–Trinajstić information content (AvgIpc) is 2.03. The molecule has 0 radical (unpaired) electrons. The molecule has 1 aromatic heterocycles. The molecule has 0 saturated heterocycles. The summed E-state index contributed by atoms with van der Waals surface area (Å²) in [5, 5.41) is 0. The molecule has 0 fully saturated rings. The maximum atomic E-state index is 5.46. The molecule has 3 nitrogen and oxygen atoms in total. The van der Waals surface area contributed by atoms with Crippen LogP contribution in [0.25, 0.3) is 0 Å². The molecule has 0 atom stereocenters. The summed E-state index contributed by atoms with van der Waals surface area (Å²) in [6.07, 6.45) is 1.59. The van der Waals surface area contributed by atoms with E-state index in [9.17, 15) is 0 Å². The second-order valence-corrected chi connectivity index (χ2v) is 3.13. The van der Waals surface area contributed by atoms with Crippen LogP contribution in [-0.2, 0) is 0 Å². The van der Waals surface area contributed by atoms with Gasteiger partial charge in [-0.15, -0.1) is 12.4 Å². The smallest absolute Gasteiger partial charge is 0.213 e. The van der Waals surface area contributed by atoms with E-state index in [4.69, 9.17) is 10.5 Å². The fourth-order valence-electron chi connectivity index (χ4n) is 0.729. The highest BCUT2D eigenvalue weighted by molar-refractivity contribution is 5.85. The van der Waals surface area contributed by atoms with Crippen LogP contribution in [0.1, 0.15) is 13.8 Å². The number of anilines is 1. The van der Waals surface area contributed by atoms with E-state index in [1.807, 2.05) is 0 Å². The molecular formula is C9H15ClN2O. The van der Waals surface area contributed by atoms with E-state index in [0.717, 1.165) is 0 Å². The molecule has 1 rings (SSSR count). The van der Waals surface area contributed by atoms with Crippen LogP contribution in [-0.4, -0.2) is 11.6 Å². The minimum Gasteiger partial charge on any atom is -0.477 e.